The van der Waals surface area contributed by atoms with Crippen LogP contribution >= 0.6 is 12.4 Å². The Bertz CT molecular complexity index is 493. The van der Waals surface area contributed by atoms with E-state index in [4.69, 9.17) is 9.47 Å². The fourth-order valence-corrected chi connectivity index (χ4v) is 2.79. The van der Waals surface area contributed by atoms with Gasteiger partial charge in [-0.25, -0.2) is 4.79 Å². The van der Waals surface area contributed by atoms with Crippen LogP contribution in [-0.4, -0.2) is 43.8 Å². The van der Waals surface area contributed by atoms with Crippen molar-refractivity contribution in [1.29, 1.82) is 0 Å². The molecule has 0 spiro atoms. The fourth-order valence-electron chi connectivity index (χ4n) is 2.79. The highest BCUT2D eigenvalue weighted by Crippen LogP contribution is 2.16. The van der Waals surface area contributed by atoms with Gasteiger partial charge in [-0.3, -0.25) is 10.2 Å². The zero-order valence-corrected chi connectivity index (χ0v) is 16.0. The van der Waals surface area contributed by atoms with E-state index in [2.05, 4.69) is 17.1 Å². The monoisotopic (exact) mass is 370 g/mol. The Kier molecular flexibility index (Phi) is 11.3. The average molecular weight is 371 g/mol. The van der Waals surface area contributed by atoms with Crippen molar-refractivity contribution in [3.63, 3.8) is 0 Å². The Morgan fingerprint density at radius 2 is 1.92 bits per heavy atom. The number of ether oxygens (including phenoxy) is 2. The minimum atomic E-state index is -0.395. The van der Waals surface area contributed by atoms with E-state index in [9.17, 15) is 4.79 Å². The molecule has 1 aromatic carbocycles. The van der Waals surface area contributed by atoms with E-state index in [1.807, 2.05) is 24.3 Å². The summed E-state index contributed by atoms with van der Waals surface area (Å²) in [5.74, 6) is 0. The largest absolute Gasteiger partial charge is 0.448 e. The second-order valence-corrected chi connectivity index (χ2v) is 6.23. The van der Waals surface area contributed by atoms with Crippen LogP contribution in [0.1, 0.15) is 44.6 Å². The molecule has 0 bridgehead atoms. The first-order valence-electron chi connectivity index (χ1n) is 9.11. The standard InChI is InChI=1S/C19H30N2O3.ClH/c1-2-3-14-23-16-17-9-5-6-10-18(17)20-19(22)24-15-13-21-11-7-4-8-12-21;/h5-6,9-10H,2-4,7-8,11-16H2,1H3,(H,20,22);1H. The van der Waals surface area contributed by atoms with Crippen LogP contribution in [0.15, 0.2) is 24.3 Å². The molecule has 1 aromatic rings. The first-order valence-corrected chi connectivity index (χ1v) is 9.11. The molecule has 1 saturated heterocycles. The lowest BCUT2D eigenvalue weighted by molar-refractivity contribution is 0.118. The number of likely N-dealkylation sites (tertiary alicyclic amines) is 1. The van der Waals surface area contributed by atoms with E-state index in [-0.39, 0.29) is 12.4 Å². The minimum absolute atomic E-state index is 0. The second kappa shape index (κ2) is 13.0. The van der Waals surface area contributed by atoms with Gasteiger partial charge in [-0.05, 0) is 38.4 Å². The van der Waals surface area contributed by atoms with Crippen LogP contribution in [0.2, 0.25) is 0 Å². The molecule has 5 nitrogen and oxygen atoms in total. The molecule has 0 atom stereocenters. The van der Waals surface area contributed by atoms with Gasteiger partial charge >= 0.3 is 6.09 Å². The third kappa shape index (κ3) is 8.56. The summed E-state index contributed by atoms with van der Waals surface area (Å²) in [5, 5.41) is 2.83. The first-order chi connectivity index (χ1) is 11.8. The van der Waals surface area contributed by atoms with Crippen LogP contribution in [0.3, 0.4) is 0 Å². The third-order valence-corrected chi connectivity index (χ3v) is 4.24. The molecule has 6 heteroatoms. The molecule has 1 N–H and O–H groups in total. The summed E-state index contributed by atoms with van der Waals surface area (Å²) in [6.45, 7) is 6.86. The third-order valence-electron chi connectivity index (χ3n) is 4.24. The zero-order chi connectivity index (χ0) is 17.0. The number of unbranched alkanes of at least 4 members (excludes halogenated alkanes) is 1. The predicted octanol–water partition coefficient (Wildman–Crippen LogP) is 4.46. The van der Waals surface area contributed by atoms with Gasteiger partial charge < -0.3 is 9.47 Å². The number of halogens is 1. The second-order valence-electron chi connectivity index (χ2n) is 6.23. The van der Waals surface area contributed by atoms with Crippen molar-refractivity contribution < 1.29 is 14.3 Å². The van der Waals surface area contributed by atoms with Gasteiger partial charge in [0, 0.05) is 24.4 Å². The first kappa shape index (κ1) is 21.7. The van der Waals surface area contributed by atoms with E-state index >= 15 is 0 Å². The predicted molar refractivity (Wildman–Crippen MR) is 104 cm³/mol. The summed E-state index contributed by atoms with van der Waals surface area (Å²) < 4.78 is 11.0. The number of rotatable bonds is 9. The highest BCUT2D eigenvalue weighted by molar-refractivity contribution is 5.85. The Morgan fingerprint density at radius 3 is 2.68 bits per heavy atom. The highest BCUT2D eigenvalue weighted by Gasteiger charge is 2.11. The van der Waals surface area contributed by atoms with Crippen LogP contribution in [0.5, 0.6) is 0 Å². The lowest BCUT2D eigenvalue weighted by Gasteiger charge is -2.25. The minimum Gasteiger partial charge on any atom is -0.448 e. The molecule has 0 radical (unpaired) electrons. The van der Waals surface area contributed by atoms with Crippen LogP contribution in [0, 0.1) is 0 Å². The molecule has 0 aromatic heterocycles. The highest BCUT2D eigenvalue weighted by atomic mass is 35.5. The summed E-state index contributed by atoms with van der Waals surface area (Å²) in [6, 6.07) is 7.70. The number of hydrogen-bond acceptors (Lipinski definition) is 4. The molecule has 1 fully saturated rings. The van der Waals surface area contributed by atoms with Gasteiger partial charge in [-0.1, -0.05) is 38.0 Å². The molecule has 0 aliphatic carbocycles. The van der Waals surface area contributed by atoms with Gasteiger partial charge in [-0.2, -0.15) is 0 Å². The number of amides is 1. The van der Waals surface area contributed by atoms with Gasteiger partial charge in [0.25, 0.3) is 0 Å². The summed E-state index contributed by atoms with van der Waals surface area (Å²) in [4.78, 5) is 14.3. The van der Waals surface area contributed by atoms with Crippen molar-refractivity contribution in [2.24, 2.45) is 0 Å². The van der Waals surface area contributed by atoms with Crippen LogP contribution in [0.25, 0.3) is 0 Å². The van der Waals surface area contributed by atoms with Crippen LogP contribution in [-0.2, 0) is 16.1 Å². The lowest BCUT2D eigenvalue weighted by Crippen LogP contribution is -2.33. The van der Waals surface area contributed by atoms with Gasteiger partial charge in [0.15, 0.2) is 0 Å². The van der Waals surface area contributed by atoms with Crippen LogP contribution in [0.4, 0.5) is 10.5 Å². The molecule has 0 saturated carbocycles. The number of piperidine rings is 1. The number of carbonyl (C=O) groups is 1. The zero-order valence-electron chi connectivity index (χ0n) is 15.2. The molecule has 25 heavy (non-hydrogen) atoms. The molecular formula is C19H31ClN2O3. The Hall–Kier alpha value is -1.30. The molecule has 1 heterocycles. The maximum absolute atomic E-state index is 12.0. The van der Waals surface area contributed by atoms with Crippen molar-refractivity contribution in [1.82, 2.24) is 4.90 Å². The fraction of sp³-hybridized carbons (Fsp3) is 0.632. The average Bonchev–Trinajstić information content (AvgIpc) is 2.61. The number of anilines is 1. The topological polar surface area (TPSA) is 50.8 Å². The number of carbonyl (C=O) groups excluding carboxylic acids is 1. The van der Waals surface area contributed by atoms with E-state index < -0.39 is 6.09 Å². The molecule has 1 aliphatic heterocycles. The molecular weight excluding hydrogens is 340 g/mol. The smallest absolute Gasteiger partial charge is 0.411 e. The Labute approximate surface area is 157 Å². The van der Waals surface area contributed by atoms with Gasteiger partial charge in [-0.15, -0.1) is 12.4 Å². The Balaban J connectivity index is 0.00000312. The molecule has 142 valence electrons. The normalized spacial score (nSPS) is 14.6. The number of hydrogen-bond donors (Lipinski definition) is 1. The summed E-state index contributed by atoms with van der Waals surface area (Å²) in [6.07, 6.45) is 5.58. The van der Waals surface area contributed by atoms with Crippen molar-refractivity contribution >= 4 is 24.2 Å². The van der Waals surface area contributed by atoms with Crippen molar-refractivity contribution in [3.05, 3.63) is 29.8 Å². The van der Waals surface area contributed by atoms with E-state index in [1.54, 1.807) is 0 Å². The van der Waals surface area contributed by atoms with E-state index in [1.165, 1.54) is 19.3 Å². The van der Waals surface area contributed by atoms with Gasteiger partial charge in [0.1, 0.15) is 6.61 Å². The van der Waals surface area contributed by atoms with Gasteiger partial charge in [0.05, 0.1) is 6.61 Å². The molecule has 1 aliphatic rings. The number of nitrogens with one attached hydrogen (secondary N) is 1. The summed E-state index contributed by atoms with van der Waals surface area (Å²) in [7, 11) is 0. The quantitative estimate of drug-likeness (QED) is 0.652. The number of nitrogens with zero attached hydrogens (tertiary/aromatic N) is 1. The van der Waals surface area contributed by atoms with E-state index in [0.29, 0.717) is 13.2 Å². The van der Waals surface area contributed by atoms with Crippen molar-refractivity contribution in [3.8, 4) is 0 Å². The number of benzene rings is 1. The van der Waals surface area contributed by atoms with Crippen molar-refractivity contribution in [2.75, 3.05) is 38.2 Å². The van der Waals surface area contributed by atoms with E-state index in [0.717, 1.165) is 50.3 Å². The maximum atomic E-state index is 12.0. The lowest BCUT2D eigenvalue weighted by atomic mass is 10.1. The summed E-state index contributed by atoms with van der Waals surface area (Å²) >= 11 is 0. The SMILES string of the molecule is CCCCOCc1ccccc1NC(=O)OCCN1CCCCC1.Cl. The number of para-hydroxylation sites is 1. The maximum Gasteiger partial charge on any atom is 0.411 e. The van der Waals surface area contributed by atoms with Crippen molar-refractivity contribution in [2.45, 2.75) is 45.6 Å². The Morgan fingerprint density at radius 1 is 1.16 bits per heavy atom. The molecule has 0 unspecified atom stereocenters. The molecule has 2 rings (SSSR count). The van der Waals surface area contributed by atoms with Gasteiger partial charge in [0.2, 0.25) is 0 Å². The molecule has 1 amide bonds. The van der Waals surface area contributed by atoms with Crippen LogP contribution < -0.4 is 5.32 Å². The summed E-state index contributed by atoms with van der Waals surface area (Å²) in [5.41, 5.74) is 1.73.